The molecule has 5 nitrogen and oxygen atoms in total. The van der Waals surface area contributed by atoms with E-state index >= 15 is 0 Å². The molecule has 0 amide bonds. The van der Waals surface area contributed by atoms with Crippen LogP contribution in [0.2, 0.25) is 0 Å². The van der Waals surface area contributed by atoms with Gasteiger partial charge in [0.2, 0.25) is 0 Å². The Kier molecular flexibility index (Phi) is 5.71. The number of benzene rings is 3. The second-order valence-corrected chi connectivity index (χ2v) is 4.68. The van der Waals surface area contributed by atoms with Gasteiger partial charge in [0, 0.05) is 5.39 Å². The zero-order chi connectivity index (χ0) is 15.5. The Balaban J connectivity index is 0.00000192. The van der Waals surface area contributed by atoms with Crippen LogP contribution in [0.3, 0.4) is 0 Å². The summed E-state index contributed by atoms with van der Waals surface area (Å²) in [5.74, 6) is -1.59. The number of aromatic hydroxyl groups is 1. The summed E-state index contributed by atoms with van der Waals surface area (Å²) in [7, 11) is 0. The van der Waals surface area contributed by atoms with Crippen LogP contribution >= 0.6 is 0 Å². The number of carboxylic acids is 1. The summed E-state index contributed by atoms with van der Waals surface area (Å²) in [6, 6.07) is 17.6. The summed E-state index contributed by atoms with van der Waals surface area (Å²) >= 11 is 0. The molecular formula is C17H14CaN2O3. The normalized spacial score (nSPS) is 10.6. The number of hydrogen-bond acceptors (Lipinski definition) is 4. The van der Waals surface area contributed by atoms with Gasteiger partial charge in [-0.1, -0.05) is 42.5 Å². The summed E-state index contributed by atoms with van der Waals surface area (Å²) in [6.45, 7) is 0. The molecule has 0 radical (unpaired) electrons. The maximum absolute atomic E-state index is 11.3. The van der Waals surface area contributed by atoms with Crippen molar-refractivity contribution in [3.63, 3.8) is 0 Å². The second-order valence-electron chi connectivity index (χ2n) is 4.68. The Hall–Kier alpha value is -1.95. The van der Waals surface area contributed by atoms with E-state index in [0.29, 0.717) is 16.5 Å². The molecule has 0 aromatic heterocycles. The number of aromatic carboxylic acids is 1. The van der Waals surface area contributed by atoms with E-state index in [0.717, 1.165) is 0 Å². The van der Waals surface area contributed by atoms with Crippen LogP contribution < -0.4 is 0 Å². The number of nitrogens with zero attached hydrogens (tertiary/aromatic N) is 2. The third kappa shape index (κ3) is 3.69. The molecule has 0 unspecified atom stereocenters. The van der Waals surface area contributed by atoms with E-state index in [1.165, 1.54) is 6.07 Å². The molecule has 3 aromatic carbocycles. The first kappa shape index (κ1) is 17.4. The molecule has 2 N–H and O–H groups in total. The van der Waals surface area contributed by atoms with Crippen molar-refractivity contribution in [3.8, 4) is 5.75 Å². The van der Waals surface area contributed by atoms with Crippen molar-refractivity contribution >= 4 is 65.9 Å². The van der Waals surface area contributed by atoms with Crippen LogP contribution in [0.25, 0.3) is 10.8 Å². The average Bonchev–Trinajstić information content (AvgIpc) is 2.54. The van der Waals surface area contributed by atoms with Crippen LogP contribution in [0.15, 0.2) is 70.9 Å². The van der Waals surface area contributed by atoms with E-state index in [1.54, 1.807) is 36.4 Å². The smallest absolute Gasteiger partial charge is 1.00 e. The first-order valence-corrected chi connectivity index (χ1v) is 6.61. The Bertz CT molecular complexity index is 890. The van der Waals surface area contributed by atoms with E-state index in [2.05, 4.69) is 10.2 Å². The van der Waals surface area contributed by atoms with Gasteiger partial charge in [-0.3, -0.25) is 0 Å². The second kappa shape index (κ2) is 7.55. The summed E-state index contributed by atoms with van der Waals surface area (Å²) in [5, 5.41) is 28.8. The van der Waals surface area contributed by atoms with Gasteiger partial charge in [-0.25, -0.2) is 4.79 Å². The Labute approximate surface area is 165 Å². The number of azo groups is 1. The SMILES string of the molecule is O=C(O)c1cc2ccccc2c(N=Nc2ccccc2)c1O.[Ca+2].[H-].[H-]. The van der Waals surface area contributed by atoms with Crippen LogP contribution in [-0.4, -0.2) is 53.9 Å². The van der Waals surface area contributed by atoms with Crippen LogP contribution in [-0.2, 0) is 0 Å². The van der Waals surface area contributed by atoms with Crippen LogP contribution in [0, 0.1) is 0 Å². The molecule has 0 aliphatic rings. The number of rotatable bonds is 3. The Morgan fingerprint density at radius 3 is 2.30 bits per heavy atom. The third-order valence-electron chi connectivity index (χ3n) is 3.25. The first-order chi connectivity index (χ1) is 10.7. The molecule has 6 heteroatoms. The van der Waals surface area contributed by atoms with Gasteiger partial charge in [-0.2, -0.15) is 5.11 Å². The minimum absolute atomic E-state index is 0. The summed E-state index contributed by atoms with van der Waals surface area (Å²) in [4.78, 5) is 11.3. The van der Waals surface area contributed by atoms with Crippen molar-refractivity contribution in [3.05, 3.63) is 66.2 Å². The summed E-state index contributed by atoms with van der Waals surface area (Å²) in [5.41, 5.74) is 0.576. The molecule has 0 aliphatic heterocycles. The van der Waals surface area contributed by atoms with E-state index in [4.69, 9.17) is 0 Å². The molecule has 0 saturated heterocycles. The minimum atomic E-state index is -1.21. The molecule has 0 bridgehead atoms. The maximum atomic E-state index is 11.3. The Morgan fingerprint density at radius 2 is 1.61 bits per heavy atom. The minimum Gasteiger partial charge on any atom is -1.00 e. The van der Waals surface area contributed by atoms with E-state index < -0.39 is 5.97 Å². The van der Waals surface area contributed by atoms with Crippen molar-refractivity contribution in [1.29, 1.82) is 0 Å². The van der Waals surface area contributed by atoms with Gasteiger partial charge in [0.05, 0.1) is 5.69 Å². The van der Waals surface area contributed by atoms with Gasteiger partial charge in [-0.15, -0.1) is 5.11 Å². The van der Waals surface area contributed by atoms with Crippen molar-refractivity contribution in [1.82, 2.24) is 0 Å². The van der Waals surface area contributed by atoms with Gasteiger partial charge in [0.1, 0.15) is 11.3 Å². The predicted molar refractivity (Wildman–Crippen MR) is 91.2 cm³/mol. The fourth-order valence-corrected chi connectivity index (χ4v) is 2.18. The standard InChI is InChI=1S/C17H12N2O3.Ca.2H/c20-16-14(17(21)22)10-11-6-4-5-9-13(11)15(16)19-18-12-7-2-1-3-8-12;;;/h1-10,20H,(H,21,22);;;/q;+2;2*-1. The quantitative estimate of drug-likeness (QED) is 0.546. The fourth-order valence-electron chi connectivity index (χ4n) is 2.18. The molecular weight excluding hydrogens is 320 g/mol. The molecule has 0 spiro atoms. The number of phenols is 1. The zero-order valence-corrected chi connectivity index (χ0v) is 14.4. The van der Waals surface area contributed by atoms with Crippen molar-refractivity contribution in [2.45, 2.75) is 0 Å². The molecule has 0 heterocycles. The third-order valence-corrected chi connectivity index (χ3v) is 3.25. The van der Waals surface area contributed by atoms with Crippen LogP contribution in [0.5, 0.6) is 5.75 Å². The molecule has 0 fully saturated rings. The van der Waals surface area contributed by atoms with Gasteiger partial charge in [0.15, 0.2) is 5.75 Å². The van der Waals surface area contributed by atoms with Crippen molar-refractivity contribution < 1.29 is 17.9 Å². The number of carboxylic acid groups (broad SMARTS) is 1. The largest absolute Gasteiger partial charge is 2.00 e. The van der Waals surface area contributed by atoms with Crippen LogP contribution in [0.1, 0.15) is 13.2 Å². The van der Waals surface area contributed by atoms with Crippen molar-refractivity contribution in [2.24, 2.45) is 10.2 Å². The molecule has 3 rings (SSSR count). The zero-order valence-electron chi connectivity index (χ0n) is 14.2. The molecule has 0 atom stereocenters. The molecule has 112 valence electrons. The first-order valence-electron chi connectivity index (χ1n) is 6.61. The number of hydrogen-bond donors (Lipinski definition) is 2. The Morgan fingerprint density at radius 1 is 0.957 bits per heavy atom. The van der Waals surface area contributed by atoms with Gasteiger partial charge in [-0.05, 0) is 23.6 Å². The monoisotopic (exact) mass is 334 g/mol. The van der Waals surface area contributed by atoms with Gasteiger partial charge in [0.25, 0.3) is 0 Å². The number of fused-ring (bicyclic) bond motifs is 1. The maximum Gasteiger partial charge on any atom is 2.00 e. The summed E-state index contributed by atoms with van der Waals surface area (Å²) in [6.07, 6.45) is 0. The van der Waals surface area contributed by atoms with Gasteiger partial charge < -0.3 is 13.1 Å². The topological polar surface area (TPSA) is 82.2 Å². The molecule has 23 heavy (non-hydrogen) atoms. The predicted octanol–water partition coefficient (Wildman–Crippen LogP) is 4.50. The van der Waals surface area contributed by atoms with E-state index in [1.807, 2.05) is 18.2 Å². The molecule has 3 aromatic rings. The van der Waals surface area contributed by atoms with Crippen LogP contribution in [0.4, 0.5) is 11.4 Å². The van der Waals surface area contributed by atoms with E-state index in [-0.39, 0.29) is 57.6 Å². The summed E-state index contributed by atoms with van der Waals surface area (Å²) < 4.78 is 0. The number of carbonyl (C=O) groups is 1. The van der Waals surface area contributed by atoms with Gasteiger partial charge >= 0.3 is 43.7 Å². The average molecular weight is 334 g/mol. The van der Waals surface area contributed by atoms with E-state index in [9.17, 15) is 15.0 Å². The van der Waals surface area contributed by atoms with Crippen molar-refractivity contribution in [2.75, 3.05) is 0 Å². The molecule has 0 saturated carbocycles. The fraction of sp³-hybridized carbons (Fsp3) is 0. The molecule has 0 aliphatic carbocycles.